The molecule has 2 fully saturated rings. The van der Waals surface area contributed by atoms with Crippen molar-refractivity contribution in [3.8, 4) is 16.5 Å². The zero-order chi connectivity index (χ0) is 33.8. The maximum Gasteiger partial charge on any atom is 0.333 e. The van der Waals surface area contributed by atoms with Crippen LogP contribution in [0, 0.1) is 12.8 Å². The summed E-state index contributed by atoms with van der Waals surface area (Å²) in [6, 6.07) is 7.28. The first kappa shape index (κ1) is 33.1. The number of nitrogens with one attached hydrogen (secondary N) is 1. The van der Waals surface area contributed by atoms with E-state index < -0.39 is 40.4 Å². The van der Waals surface area contributed by atoms with Gasteiger partial charge in [0.1, 0.15) is 28.5 Å². The molecule has 12 nitrogen and oxygen atoms in total. The van der Waals surface area contributed by atoms with E-state index in [-0.39, 0.29) is 24.6 Å². The average Bonchev–Trinajstić information content (AvgIpc) is 3.76. The molecule has 2 aliphatic carbocycles. The van der Waals surface area contributed by atoms with E-state index in [1.165, 1.54) is 28.4 Å². The number of hydrogen-bond donors (Lipinski definition) is 3. The topological polar surface area (TPSA) is 164 Å². The Morgan fingerprint density at radius 1 is 1.26 bits per heavy atom. The lowest BCUT2D eigenvalue weighted by atomic mass is 9.92. The van der Waals surface area contributed by atoms with Crippen LogP contribution in [0.2, 0.25) is 0 Å². The van der Waals surface area contributed by atoms with E-state index in [1.807, 2.05) is 38.1 Å². The van der Waals surface area contributed by atoms with Gasteiger partial charge >= 0.3 is 5.69 Å². The number of benzene rings is 1. The highest BCUT2D eigenvalue weighted by atomic mass is 32.1. The van der Waals surface area contributed by atoms with Crippen LogP contribution in [0.3, 0.4) is 0 Å². The second kappa shape index (κ2) is 12.3. The van der Waals surface area contributed by atoms with Gasteiger partial charge in [0.05, 0.1) is 42.3 Å². The number of methoxy groups -OCH3 is 1. The minimum absolute atomic E-state index is 0.0181. The molecule has 0 bridgehead atoms. The molecule has 1 amide bonds. The Hall–Kier alpha value is -3.78. The summed E-state index contributed by atoms with van der Waals surface area (Å²) in [5.41, 5.74) is 4.84. The van der Waals surface area contributed by atoms with Crippen LogP contribution < -0.4 is 27.0 Å². The number of aliphatic hydroxyl groups excluding tert-OH is 1. The Kier molecular flexibility index (Phi) is 8.70. The number of ether oxygens (including phenoxy) is 2. The lowest BCUT2D eigenvalue weighted by Crippen LogP contribution is -2.56. The van der Waals surface area contributed by atoms with Crippen LogP contribution in [0.15, 0.2) is 50.7 Å². The first-order chi connectivity index (χ1) is 22.2. The van der Waals surface area contributed by atoms with Gasteiger partial charge in [-0.05, 0) is 77.8 Å². The summed E-state index contributed by atoms with van der Waals surface area (Å²) >= 11 is 1.24. The molecule has 252 valence electrons. The molecule has 0 saturated heterocycles. The Morgan fingerprint density at radius 3 is 2.66 bits per heavy atom. The molecular weight excluding hydrogens is 622 g/mol. The maximum atomic E-state index is 14.6. The predicted octanol–water partition coefficient (Wildman–Crippen LogP) is 3.85. The quantitative estimate of drug-likeness (QED) is 0.228. The number of nitrogens with two attached hydrogens (primary N) is 1. The third-order valence-electron chi connectivity index (χ3n) is 9.70. The van der Waals surface area contributed by atoms with E-state index in [0.29, 0.717) is 58.0 Å². The van der Waals surface area contributed by atoms with Gasteiger partial charge in [0, 0.05) is 17.1 Å². The number of aliphatic hydroxyl groups is 1. The van der Waals surface area contributed by atoms with Crippen molar-refractivity contribution in [1.82, 2.24) is 19.4 Å². The summed E-state index contributed by atoms with van der Waals surface area (Å²) in [4.78, 5) is 47.8. The summed E-state index contributed by atoms with van der Waals surface area (Å²) in [7, 11) is 1.58. The van der Waals surface area contributed by atoms with Gasteiger partial charge in [-0.15, -0.1) is 11.3 Å². The number of aryl methyl sites for hydroxylation is 1. The highest BCUT2D eigenvalue weighted by Gasteiger charge is 2.51. The Balaban J connectivity index is 1.53. The molecule has 13 heteroatoms. The van der Waals surface area contributed by atoms with Crippen LogP contribution >= 0.6 is 11.3 Å². The van der Waals surface area contributed by atoms with Gasteiger partial charge in [-0.2, -0.15) is 0 Å². The van der Waals surface area contributed by atoms with Gasteiger partial charge in [0.2, 0.25) is 11.8 Å². The van der Waals surface area contributed by atoms with Crippen molar-refractivity contribution >= 4 is 27.5 Å². The van der Waals surface area contributed by atoms with E-state index >= 15 is 0 Å². The summed E-state index contributed by atoms with van der Waals surface area (Å²) < 4.78 is 20.8. The van der Waals surface area contributed by atoms with Crippen LogP contribution in [-0.2, 0) is 21.6 Å². The maximum absolute atomic E-state index is 14.6. The van der Waals surface area contributed by atoms with Crippen molar-refractivity contribution < 1.29 is 23.8 Å². The number of aromatic nitrogens is 3. The highest BCUT2D eigenvalue weighted by molar-refractivity contribution is 7.22. The van der Waals surface area contributed by atoms with Gasteiger partial charge in [0.15, 0.2) is 0 Å². The fourth-order valence-electron chi connectivity index (χ4n) is 7.39. The molecule has 2 unspecified atom stereocenters. The first-order valence-electron chi connectivity index (χ1n) is 16.0. The number of hydrogen-bond acceptors (Lipinski definition) is 10. The summed E-state index contributed by atoms with van der Waals surface area (Å²) in [5, 5.41) is 13.5. The lowest BCUT2D eigenvalue weighted by Gasteiger charge is -2.29. The molecule has 0 spiro atoms. The number of para-hydroxylation sites is 1. The molecule has 6 rings (SSSR count). The second-order valence-corrected chi connectivity index (χ2v) is 14.7. The second-order valence-electron chi connectivity index (χ2n) is 13.7. The highest BCUT2D eigenvalue weighted by Crippen LogP contribution is 2.48. The fourth-order valence-corrected chi connectivity index (χ4v) is 8.63. The molecule has 47 heavy (non-hydrogen) atoms. The van der Waals surface area contributed by atoms with Crippen molar-refractivity contribution in [3.05, 3.63) is 68.7 Å². The molecule has 2 aliphatic rings. The minimum Gasteiger partial charge on any atom is -0.496 e. The molecule has 4 aromatic rings. The van der Waals surface area contributed by atoms with Crippen molar-refractivity contribution in [2.24, 2.45) is 11.7 Å². The van der Waals surface area contributed by atoms with Crippen LogP contribution in [0.4, 0.5) is 0 Å². The monoisotopic (exact) mass is 665 g/mol. The van der Waals surface area contributed by atoms with Crippen LogP contribution in [-0.4, -0.2) is 56.0 Å². The molecular formula is C34H43N5O7S. The van der Waals surface area contributed by atoms with Crippen molar-refractivity contribution in [1.29, 1.82) is 0 Å². The van der Waals surface area contributed by atoms with Gasteiger partial charge in [-0.3, -0.25) is 14.2 Å². The molecule has 0 aliphatic heterocycles. The van der Waals surface area contributed by atoms with Crippen LogP contribution in [0.1, 0.15) is 70.6 Å². The van der Waals surface area contributed by atoms with E-state index in [2.05, 4.69) is 10.3 Å². The van der Waals surface area contributed by atoms with E-state index in [4.69, 9.17) is 19.6 Å². The van der Waals surface area contributed by atoms with E-state index in [1.54, 1.807) is 27.9 Å². The largest absolute Gasteiger partial charge is 0.496 e. The summed E-state index contributed by atoms with van der Waals surface area (Å²) in [6.07, 6.45) is 4.04. The third kappa shape index (κ3) is 5.83. The normalized spacial score (nSPS) is 23.4. The first-order valence-corrected chi connectivity index (χ1v) is 16.8. The fraction of sp³-hybridized carbons (Fsp3) is 0.529. The Labute approximate surface area is 276 Å². The van der Waals surface area contributed by atoms with Crippen LogP contribution in [0.25, 0.3) is 21.0 Å². The standard InChI is InChI=1S/C34H43N5O7S/c1-18(2)37-31(42)33(4,5)39-29(41)26-19(3)27(28-36-11-12-45-28)47-30(26)38(32(39)43)17-25(23-9-7-8-10-24(23)44-6)46-22-14-20-13-21(40)15-34(20,35)16-22/h7-12,18,20-22,25,40H,13-17,35H2,1-6H3,(H,37,42)/t20?,21-,22+,25?,34-/m1/s1. The van der Waals surface area contributed by atoms with Gasteiger partial charge < -0.3 is 30.0 Å². The molecule has 0 radical (unpaired) electrons. The van der Waals surface area contributed by atoms with Crippen molar-refractivity contribution in [2.75, 3.05) is 7.11 Å². The zero-order valence-corrected chi connectivity index (χ0v) is 28.4. The predicted molar refractivity (Wildman–Crippen MR) is 179 cm³/mol. The number of fused-ring (bicyclic) bond motifs is 2. The number of thiophene rings is 1. The number of rotatable bonds is 10. The third-order valence-corrected chi connectivity index (χ3v) is 11.0. The smallest absolute Gasteiger partial charge is 0.333 e. The zero-order valence-electron chi connectivity index (χ0n) is 27.6. The number of carbonyl (C=O) groups excluding carboxylic acids is 1. The van der Waals surface area contributed by atoms with Crippen LogP contribution in [0.5, 0.6) is 5.75 Å². The Morgan fingerprint density at radius 2 is 2.00 bits per heavy atom. The lowest BCUT2D eigenvalue weighted by molar-refractivity contribution is -0.129. The molecule has 4 N–H and O–H groups in total. The number of amides is 1. The molecule has 1 aromatic carbocycles. The SMILES string of the molecule is COc1ccccc1C(Cn1c(=O)n(C(C)(C)C(=O)NC(C)C)c(=O)c2c(C)c(-c3ncco3)sc21)O[C@H]1CC2C[C@@H](O)C[C@@]2(N)C1. The van der Waals surface area contributed by atoms with Crippen molar-refractivity contribution in [3.63, 3.8) is 0 Å². The van der Waals surface area contributed by atoms with E-state index in [0.717, 1.165) is 10.1 Å². The number of nitrogens with zero attached hydrogens (tertiary/aromatic N) is 3. The molecule has 3 heterocycles. The van der Waals surface area contributed by atoms with Crippen molar-refractivity contribution in [2.45, 2.75) is 102 Å². The molecule has 3 aromatic heterocycles. The number of carbonyl (C=O) groups is 1. The molecule has 2 saturated carbocycles. The Bertz CT molecular complexity index is 1910. The van der Waals surface area contributed by atoms with E-state index in [9.17, 15) is 19.5 Å². The summed E-state index contributed by atoms with van der Waals surface area (Å²) in [6.45, 7) is 8.60. The average molecular weight is 666 g/mol. The molecule has 5 atom stereocenters. The van der Waals surface area contributed by atoms with Gasteiger partial charge in [-0.25, -0.2) is 14.3 Å². The number of oxazole rings is 1. The summed E-state index contributed by atoms with van der Waals surface area (Å²) in [5.74, 6) is 0.589. The minimum atomic E-state index is -1.53. The van der Waals surface area contributed by atoms with Gasteiger partial charge in [-0.1, -0.05) is 18.2 Å². The van der Waals surface area contributed by atoms with Gasteiger partial charge in [0.25, 0.3) is 5.56 Å².